The SMILES string of the molecule is COc1ccc(-c2c3c(=O)n(C)c(=O)n(C)c3c3n2CCO[C@@H]3c2cc(OC)c(O)c(OC)c2)cc1. The van der Waals surface area contributed by atoms with E-state index in [1.54, 1.807) is 26.3 Å². The first kappa shape index (κ1) is 23.6. The molecule has 3 heterocycles. The number of aryl methyl sites for hydroxylation is 1. The summed E-state index contributed by atoms with van der Waals surface area (Å²) in [7, 11) is 7.62. The zero-order valence-corrected chi connectivity index (χ0v) is 20.7. The minimum absolute atomic E-state index is 0.125. The van der Waals surface area contributed by atoms with Crippen molar-refractivity contribution in [1.82, 2.24) is 13.7 Å². The summed E-state index contributed by atoms with van der Waals surface area (Å²) in [6, 6.07) is 10.8. The average Bonchev–Trinajstić information content (AvgIpc) is 3.26. The van der Waals surface area contributed by atoms with E-state index < -0.39 is 11.8 Å². The highest BCUT2D eigenvalue weighted by atomic mass is 16.5. The molecule has 0 amide bonds. The number of aromatic hydroxyl groups is 1. The molecule has 0 saturated heterocycles. The summed E-state index contributed by atoms with van der Waals surface area (Å²) in [4.78, 5) is 26.5. The second kappa shape index (κ2) is 8.80. The molecule has 0 saturated carbocycles. The van der Waals surface area contributed by atoms with Gasteiger partial charge >= 0.3 is 5.69 Å². The Morgan fingerprint density at radius 2 is 1.58 bits per heavy atom. The Labute approximate surface area is 206 Å². The molecule has 36 heavy (non-hydrogen) atoms. The maximum absolute atomic E-state index is 13.5. The monoisotopic (exact) mass is 493 g/mol. The minimum atomic E-state index is -0.658. The number of benzene rings is 2. The first-order valence-corrected chi connectivity index (χ1v) is 11.3. The molecular formula is C26H27N3O7. The van der Waals surface area contributed by atoms with Gasteiger partial charge < -0.3 is 28.6 Å². The second-order valence-electron chi connectivity index (χ2n) is 8.57. The van der Waals surface area contributed by atoms with E-state index >= 15 is 0 Å². The van der Waals surface area contributed by atoms with Gasteiger partial charge in [0.05, 0.1) is 50.2 Å². The third-order valence-electron chi connectivity index (χ3n) is 6.72. The first-order chi connectivity index (χ1) is 17.3. The fourth-order valence-electron chi connectivity index (χ4n) is 4.95. The molecule has 0 fully saturated rings. The van der Waals surface area contributed by atoms with Crippen LogP contribution in [0.1, 0.15) is 17.4 Å². The van der Waals surface area contributed by atoms with Crippen molar-refractivity contribution < 1.29 is 24.1 Å². The fraction of sp³-hybridized carbons (Fsp3) is 0.308. The molecule has 0 unspecified atom stereocenters. The zero-order valence-electron chi connectivity index (χ0n) is 20.7. The molecule has 5 rings (SSSR count). The van der Waals surface area contributed by atoms with Gasteiger partial charge in [-0.25, -0.2) is 4.79 Å². The molecule has 10 heteroatoms. The van der Waals surface area contributed by atoms with E-state index in [2.05, 4.69) is 0 Å². The van der Waals surface area contributed by atoms with Gasteiger partial charge in [0.15, 0.2) is 11.5 Å². The lowest BCUT2D eigenvalue weighted by molar-refractivity contribution is 0.0475. The summed E-state index contributed by atoms with van der Waals surface area (Å²) in [5.41, 5.74) is 2.48. The van der Waals surface area contributed by atoms with Crippen LogP contribution >= 0.6 is 0 Å². The highest BCUT2D eigenvalue weighted by Crippen LogP contribution is 2.45. The Bertz CT molecular complexity index is 1570. The lowest BCUT2D eigenvalue weighted by Gasteiger charge is -2.28. The lowest BCUT2D eigenvalue weighted by atomic mass is 10.0. The van der Waals surface area contributed by atoms with Crippen molar-refractivity contribution in [3.05, 3.63) is 68.5 Å². The van der Waals surface area contributed by atoms with Gasteiger partial charge in [-0.15, -0.1) is 0 Å². The molecule has 188 valence electrons. The molecular weight excluding hydrogens is 466 g/mol. The minimum Gasteiger partial charge on any atom is -0.502 e. The summed E-state index contributed by atoms with van der Waals surface area (Å²) in [6.45, 7) is 0.840. The van der Waals surface area contributed by atoms with E-state index in [1.807, 2.05) is 28.8 Å². The van der Waals surface area contributed by atoms with Crippen LogP contribution in [0.3, 0.4) is 0 Å². The van der Waals surface area contributed by atoms with Gasteiger partial charge in [0, 0.05) is 20.6 Å². The van der Waals surface area contributed by atoms with Crippen molar-refractivity contribution in [2.24, 2.45) is 14.1 Å². The third kappa shape index (κ3) is 3.36. The van der Waals surface area contributed by atoms with E-state index in [0.717, 1.165) is 10.1 Å². The molecule has 0 bridgehead atoms. The smallest absolute Gasteiger partial charge is 0.331 e. The third-order valence-corrected chi connectivity index (χ3v) is 6.72. The largest absolute Gasteiger partial charge is 0.502 e. The molecule has 0 aliphatic carbocycles. The van der Waals surface area contributed by atoms with E-state index in [4.69, 9.17) is 18.9 Å². The Hall–Kier alpha value is -4.18. The number of hydrogen-bond donors (Lipinski definition) is 1. The molecule has 1 N–H and O–H groups in total. The molecule has 1 aliphatic rings. The van der Waals surface area contributed by atoms with Crippen LogP contribution in [0.5, 0.6) is 23.0 Å². The number of phenols is 1. The standard InChI is InChI=1S/C26H27N3O7/c1-27-21-19(25(31)28(2)26(27)32)20(14-6-8-16(33-3)9-7-14)29-10-11-36-24(22(21)29)15-12-17(34-4)23(30)18(13-15)35-5/h6-9,12-13,24,30H,10-11H2,1-5H3/t24-/m1/s1. The highest BCUT2D eigenvalue weighted by molar-refractivity contribution is 5.96. The Morgan fingerprint density at radius 3 is 2.17 bits per heavy atom. The molecule has 4 aromatic rings. The maximum Gasteiger partial charge on any atom is 0.331 e. The van der Waals surface area contributed by atoms with Crippen LogP contribution in [0.25, 0.3) is 22.2 Å². The highest BCUT2D eigenvalue weighted by Gasteiger charge is 2.34. The quantitative estimate of drug-likeness (QED) is 0.456. The van der Waals surface area contributed by atoms with E-state index in [0.29, 0.717) is 46.8 Å². The number of nitrogens with zero attached hydrogens (tertiary/aromatic N) is 3. The molecule has 2 aromatic carbocycles. The number of phenolic OH excluding ortho intramolecular Hbond substituents is 1. The van der Waals surface area contributed by atoms with Gasteiger partial charge in [0.25, 0.3) is 5.56 Å². The number of fused-ring (bicyclic) bond motifs is 3. The van der Waals surface area contributed by atoms with Crippen LogP contribution in [0, 0.1) is 0 Å². The Morgan fingerprint density at radius 1 is 0.944 bits per heavy atom. The Balaban J connectivity index is 1.89. The number of ether oxygens (including phenoxy) is 4. The topological polar surface area (TPSA) is 106 Å². The van der Waals surface area contributed by atoms with Crippen LogP contribution in [0.2, 0.25) is 0 Å². The van der Waals surface area contributed by atoms with Crippen molar-refractivity contribution in [3.63, 3.8) is 0 Å². The molecule has 1 atom stereocenters. The van der Waals surface area contributed by atoms with Gasteiger partial charge in [-0.2, -0.15) is 0 Å². The summed E-state index contributed by atoms with van der Waals surface area (Å²) < 4.78 is 26.9. The number of aromatic nitrogens is 3. The van der Waals surface area contributed by atoms with Crippen molar-refractivity contribution >= 4 is 10.9 Å². The fourth-order valence-corrected chi connectivity index (χ4v) is 4.95. The van der Waals surface area contributed by atoms with Crippen molar-refractivity contribution in [2.45, 2.75) is 12.6 Å². The lowest BCUT2D eigenvalue weighted by Crippen LogP contribution is -2.37. The number of hydrogen-bond acceptors (Lipinski definition) is 7. The zero-order chi connectivity index (χ0) is 25.7. The summed E-state index contributed by atoms with van der Waals surface area (Å²) in [6.07, 6.45) is -0.658. The van der Waals surface area contributed by atoms with Gasteiger partial charge in [0.1, 0.15) is 11.9 Å². The molecule has 10 nitrogen and oxygen atoms in total. The van der Waals surface area contributed by atoms with Crippen LogP contribution in [0.15, 0.2) is 46.0 Å². The van der Waals surface area contributed by atoms with Gasteiger partial charge in [-0.3, -0.25) is 13.9 Å². The first-order valence-electron chi connectivity index (χ1n) is 11.3. The van der Waals surface area contributed by atoms with Crippen LogP contribution < -0.4 is 25.5 Å². The normalized spacial score (nSPS) is 15.1. The summed E-state index contributed by atoms with van der Waals surface area (Å²) >= 11 is 0. The number of rotatable bonds is 5. The average molecular weight is 494 g/mol. The molecule has 0 radical (unpaired) electrons. The van der Waals surface area contributed by atoms with E-state index in [1.165, 1.54) is 25.8 Å². The van der Waals surface area contributed by atoms with Crippen LogP contribution in [-0.4, -0.2) is 46.7 Å². The van der Waals surface area contributed by atoms with Crippen molar-refractivity contribution in [1.29, 1.82) is 0 Å². The summed E-state index contributed by atoms with van der Waals surface area (Å²) in [5.74, 6) is 1.01. The van der Waals surface area contributed by atoms with Gasteiger partial charge in [-0.05, 0) is 47.5 Å². The Kier molecular flexibility index (Phi) is 5.76. The predicted molar refractivity (Wildman–Crippen MR) is 133 cm³/mol. The second-order valence-corrected chi connectivity index (χ2v) is 8.57. The van der Waals surface area contributed by atoms with Gasteiger partial charge in [-0.1, -0.05) is 0 Å². The number of methoxy groups -OCH3 is 3. The van der Waals surface area contributed by atoms with E-state index in [9.17, 15) is 14.7 Å². The predicted octanol–water partition coefficient (Wildman–Crippen LogP) is 2.56. The molecule has 1 aliphatic heterocycles. The van der Waals surface area contributed by atoms with Gasteiger partial charge in [0.2, 0.25) is 5.75 Å². The van der Waals surface area contributed by atoms with Crippen LogP contribution in [-0.2, 0) is 25.4 Å². The van der Waals surface area contributed by atoms with Crippen LogP contribution in [0.4, 0.5) is 0 Å². The van der Waals surface area contributed by atoms with Crippen molar-refractivity contribution in [3.8, 4) is 34.3 Å². The van der Waals surface area contributed by atoms with Crippen molar-refractivity contribution in [2.75, 3.05) is 27.9 Å². The molecule has 2 aromatic heterocycles. The maximum atomic E-state index is 13.5. The van der Waals surface area contributed by atoms with E-state index in [-0.39, 0.29) is 22.8 Å². The summed E-state index contributed by atoms with van der Waals surface area (Å²) in [5, 5.41) is 10.8. The molecule has 0 spiro atoms.